The molecule has 0 bridgehead atoms. The van der Waals surface area contributed by atoms with Gasteiger partial charge in [0.1, 0.15) is 0 Å². The van der Waals surface area contributed by atoms with Crippen LogP contribution in [0.4, 0.5) is 0 Å². The molecule has 0 aromatic heterocycles. The van der Waals surface area contributed by atoms with Crippen LogP contribution in [0.5, 0.6) is 0 Å². The van der Waals surface area contributed by atoms with Gasteiger partial charge in [0.2, 0.25) is 0 Å². The molecule has 0 aliphatic carbocycles. The van der Waals surface area contributed by atoms with Crippen molar-refractivity contribution in [3.63, 3.8) is 0 Å². The molecule has 1 rings (SSSR count). The zero-order valence-electron chi connectivity index (χ0n) is 11.6. The number of hydrogen-bond acceptors (Lipinski definition) is 3. The van der Waals surface area contributed by atoms with Gasteiger partial charge < -0.3 is 10.2 Å². The van der Waals surface area contributed by atoms with Gasteiger partial charge >= 0.3 is 0 Å². The van der Waals surface area contributed by atoms with Crippen LogP contribution >= 0.6 is 0 Å². The molecule has 0 saturated carbocycles. The minimum Gasteiger partial charge on any atom is -0.315 e. The second kappa shape index (κ2) is 8.67. The van der Waals surface area contributed by atoms with E-state index in [4.69, 9.17) is 0 Å². The van der Waals surface area contributed by atoms with Crippen LogP contribution in [-0.2, 0) is 0 Å². The molecule has 3 nitrogen and oxygen atoms in total. The first kappa shape index (κ1) is 14.7. The van der Waals surface area contributed by atoms with Crippen molar-refractivity contribution in [1.29, 1.82) is 0 Å². The second-order valence-corrected chi connectivity index (χ2v) is 5.24. The first-order chi connectivity index (χ1) is 8.24. The maximum absolute atomic E-state index is 3.75. The molecule has 0 aromatic carbocycles. The Hall–Kier alpha value is -0.380. The smallest absolute Gasteiger partial charge is 0.0345 e. The third-order valence-electron chi connectivity index (χ3n) is 3.62. The normalized spacial score (nSPS) is 22.8. The summed E-state index contributed by atoms with van der Waals surface area (Å²) in [5.41, 5.74) is 0. The average Bonchev–Trinajstić information content (AvgIpc) is 2.32. The second-order valence-electron chi connectivity index (χ2n) is 5.24. The van der Waals surface area contributed by atoms with Crippen molar-refractivity contribution in [2.24, 2.45) is 0 Å². The fraction of sp³-hybridized carbons (Fsp3) is 0.857. The number of allylic oxidation sites excluding steroid dienone is 1. The van der Waals surface area contributed by atoms with Crippen LogP contribution in [-0.4, -0.2) is 62.7 Å². The Morgan fingerprint density at radius 1 is 1.24 bits per heavy atom. The number of nitrogens with zero attached hydrogens (tertiary/aromatic N) is 2. The maximum Gasteiger partial charge on any atom is 0.0345 e. The molecule has 1 saturated heterocycles. The van der Waals surface area contributed by atoms with Crippen molar-refractivity contribution in [1.82, 2.24) is 15.1 Å². The van der Waals surface area contributed by atoms with E-state index in [0.29, 0.717) is 6.04 Å². The van der Waals surface area contributed by atoms with E-state index < -0.39 is 0 Å². The number of piperazine rings is 1. The predicted molar refractivity (Wildman–Crippen MR) is 75.4 cm³/mol. The number of hydrogen-bond donors (Lipinski definition) is 1. The van der Waals surface area contributed by atoms with Crippen molar-refractivity contribution in [2.45, 2.75) is 31.7 Å². The molecule has 17 heavy (non-hydrogen) atoms. The largest absolute Gasteiger partial charge is 0.315 e. The van der Waals surface area contributed by atoms with E-state index in [-0.39, 0.29) is 0 Å². The molecule has 0 radical (unpaired) electrons. The van der Waals surface area contributed by atoms with Crippen LogP contribution in [0, 0.1) is 0 Å². The highest BCUT2D eigenvalue weighted by Crippen LogP contribution is 2.05. The minimum atomic E-state index is 0.682. The number of rotatable bonds is 8. The van der Waals surface area contributed by atoms with E-state index in [1.807, 2.05) is 6.08 Å². The van der Waals surface area contributed by atoms with E-state index >= 15 is 0 Å². The van der Waals surface area contributed by atoms with Crippen LogP contribution in [0.2, 0.25) is 0 Å². The summed E-state index contributed by atoms with van der Waals surface area (Å²) in [4.78, 5) is 4.90. The molecule has 1 N–H and O–H groups in total. The fourth-order valence-corrected chi connectivity index (χ4v) is 2.31. The van der Waals surface area contributed by atoms with Crippen LogP contribution in [0.15, 0.2) is 12.7 Å². The maximum atomic E-state index is 3.75. The number of nitrogens with one attached hydrogen (secondary N) is 1. The van der Waals surface area contributed by atoms with Crippen molar-refractivity contribution in [3.05, 3.63) is 12.7 Å². The first-order valence-corrected chi connectivity index (χ1v) is 6.94. The fourth-order valence-electron chi connectivity index (χ4n) is 2.31. The van der Waals surface area contributed by atoms with Crippen molar-refractivity contribution in [3.8, 4) is 0 Å². The van der Waals surface area contributed by atoms with E-state index in [0.717, 1.165) is 19.5 Å². The molecule has 100 valence electrons. The summed E-state index contributed by atoms with van der Waals surface area (Å²) in [6, 6.07) is 0.682. The van der Waals surface area contributed by atoms with Crippen LogP contribution < -0.4 is 5.32 Å². The van der Waals surface area contributed by atoms with Gasteiger partial charge in [0, 0.05) is 32.2 Å². The van der Waals surface area contributed by atoms with Gasteiger partial charge in [0.15, 0.2) is 0 Å². The Morgan fingerprint density at radius 2 is 2.06 bits per heavy atom. The molecular weight excluding hydrogens is 210 g/mol. The lowest BCUT2D eigenvalue weighted by molar-refractivity contribution is 0.113. The summed E-state index contributed by atoms with van der Waals surface area (Å²) >= 11 is 0. The third-order valence-corrected chi connectivity index (χ3v) is 3.62. The third kappa shape index (κ3) is 6.20. The van der Waals surface area contributed by atoms with E-state index in [1.165, 1.54) is 38.9 Å². The monoisotopic (exact) mass is 239 g/mol. The Bertz CT molecular complexity index is 206. The quantitative estimate of drug-likeness (QED) is 0.512. The molecule has 1 heterocycles. The standard InChI is InChI=1S/C14H29N3/c1-4-5-6-7-8-9-15-12-14-13-16(2)10-11-17(14)3/h4,14-15H,1,5-13H2,2-3H3. The highest BCUT2D eigenvalue weighted by molar-refractivity contribution is 4.80. The Morgan fingerprint density at radius 3 is 2.82 bits per heavy atom. The first-order valence-electron chi connectivity index (χ1n) is 6.94. The molecule has 3 heteroatoms. The van der Waals surface area contributed by atoms with Crippen LogP contribution in [0.25, 0.3) is 0 Å². The van der Waals surface area contributed by atoms with Crippen molar-refractivity contribution < 1.29 is 0 Å². The molecule has 1 fully saturated rings. The number of unbranched alkanes of at least 4 members (excludes halogenated alkanes) is 3. The van der Waals surface area contributed by atoms with Gasteiger partial charge in [-0.15, -0.1) is 6.58 Å². The predicted octanol–water partition coefficient (Wildman–Crippen LogP) is 1.57. The van der Waals surface area contributed by atoms with Gasteiger partial charge in [-0.25, -0.2) is 0 Å². The van der Waals surface area contributed by atoms with E-state index in [9.17, 15) is 0 Å². The topological polar surface area (TPSA) is 18.5 Å². The Labute approximate surface area is 107 Å². The van der Waals surface area contributed by atoms with Gasteiger partial charge in [-0.3, -0.25) is 4.90 Å². The molecule has 1 aliphatic heterocycles. The van der Waals surface area contributed by atoms with Crippen LogP contribution in [0.1, 0.15) is 25.7 Å². The molecule has 1 unspecified atom stereocenters. The lowest BCUT2D eigenvalue weighted by atomic mass is 10.1. The van der Waals surface area contributed by atoms with Crippen molar-refractivity contribution in [2.75, 3.05) is 46.8 Å². The summed E-state index contributed by atoms with van der Waals surface area (Å²) in [5, 5.41) is 3.59. The number of likely N-dealkylation sites (N-methyl/N-ethyl adjacent to an activating group) is 2. The molecule has 0 aromatic rings. The van der Waals surface area contributed by atoms with Crippen molar-refractivity contribution >= 4 is 0 Å². The molecular formula is C14H29N3. The van der Waals surface area contributed by atoms with Gasteiger partial charge in [0.05, 0.1) is 0 Å². The Balaban J connectivity index is 1.99. The Kier molecular flexibility index (Phi) is 7.49. The van der Waals surface area contributed by atoms with E-state index in [1.54, 1.807) is 0 Å². The zero-order chi connectivity index (χ0) is 12.5. The van der Waals surface area contributed by atoms with Gasteiger partial charge in [-0.1, -0.05) is 12.5 Å². The van der Waals surface area contributed by atoms with Gasteiger partial charge in [-0.2, -0.15) is 0 Å². The summed E-state index contributed by atoms with van der Waals surface area (Å²) in [6.07, 6.45) is 7.08. The van der Waals surface area contributed by atoms with Gasteiger partial charge in [0.25, 0.3) is 0 Å². The highest BCUT2D eigenvalue weighted by atomic mass is 15.3. The zero-order valence-corrected chi connectivity index (χ0v) is 11.6. The summed E-state index contributed by atoms with van der Waals surface area (Å²) in [7, 11) is 4.46. The highest BCUT2D eigenvalue weighted by Gasteiger charge is 2.21. The van der Waals surface area contributed by atoms with E-state index in [2.05, 4.69) is 35.8 Å². The summed E-state index contributed by atoms with van der Waals surface area (Å²) in [6.45, 7) is 9.62. The molecule has 0 amide bonds. The molecule has 1 aliphatic rings. The minimum absolute atomic E-state index is 0.682. The lowest BCUT2D eigenvalue weighted by Crippen LogP contribution is -2.53. The average molecular weight is 239 g/mol. The van der Waals surface area contributed by atoms with Crippen LogP contribution in [0.3, 0.4) is 0 Å². The van der Waals surface area contributed by atoms with Gasteiger partial charge in [-0.05, 0) is 39.9 Å². The summed E-state index contributed by atoms with van der Waals surface area (Å²) < 4.78 is 0. The summed E-state index contributed by atoms with van der Waals surface area (Å²) in [5.74, 6) is 0. The lowest BCUT2D eigenvalue weighted by Gasteiger charge is -2.37. The molecule has 0 spiro atoms. The SMILES string of the molecule is C=CCCCCCNCC1CN(C)CCN1C. The molecule has 1 atom stereocenters.